The Morgan fingerprint density at radius 1 is 1.00 bits per heavy atom. The van der Waals surface area contributed by atoms with Crippen LogP contribution in [0.3, 0.4) is 0 Å². The van der Waals surface area contributed by atoms with Crippen LogP contribution in [0.4, 0.5) is 17.6 Å². The summed E-state index contributed by atoms with van der Waals surface area (Å²) < 4.78 is 61.3. The first-order chi connectivity index (χ1) is 21.6. The highest BCUT2D eigenvalue weighted by Gasteiger charge is 2.35. The first-order valence-corrected chi connectivity index (χ1v) is 14.4. The Hall–Kier alpha value is -5.06. The number of carbonyl (C=O) groups excluding carboxylic acids is 1. The number of aromatic nitrogens is 3. The first-order valence-electron chi connectivity index (χ1n) is 14.4. The van der Waals surface area contributed by atoms with Gasteiger partial charge in [0.05, 0.1) is 41.2 Å². The van der Waals surface area contributed by atoms with Gasteiger partial charge in [-0.25, -0.2) is 9.37 Å². The normalized spacial score (nSPS) is 12.2. The maximum Gasteiger partial charge on any atom is 0.419 e. The maximum absolute atomic E-state index is 14.0. The van der Waals surface area contributed by atoms with E-state index < -0.39 is 35.9 Å². The van der Waals surface area contributed by atoms with Crippen LogP contribution in [0.25, 0.3) is 16.6 Å². The number of alkyl halides is 3. The topological polar surface area (TPSA) is 77.3 Å². The van der Waals surface area contributed by atoms with Crippen molar-refractivity contribution in [3.63, 3.8) is 0 Å². The standard InChI is InChI=1S/C34H30F4N4O3/c1-3-45-26-14-12-25(13-15-26)42-32(40-30-10-5-4-9-27(30)33(42)44)22(2)41(19-17-24-8-6-7-18-39-24)31(43)21-23-11-16-29(35)28(20-23)34(36,37)38/h4-16,18,20,22H,3,17,19,21H2,1-2H3/t22-/m1/s1. The zero-order valence-corrected chi connectivity index (χ0v) is 24.6. The highest BCUT2D eigenvalue weighted by molar-refractivity contribution is 5.80. The van der Waals surface area contributed by atoms with Crippen molar-refractivity contribution in [1.82, 2.24) is 19.4 Å². The van der Waals surface area contributed by atoms with Crippen molar-refractivity contribution in [2.45, 2.75) is 38.9 Å². The molecular weight excluding hydrogens is 588 g/mol. The van der Waals surface area contributed by atoms with Crippen LogP contribution in [-0.2, 0) is 23.8 Å². The van der Waals surface area contributed by atoms with Crippen LogP contribution in [0.15, 0.2) is 95.9 Å². The molecule has 5 rings (SSSR count). The van der Waals surface area contributed by atoms with E-state index in [1.165, 1.54) is 9.47 Å². The van der Waals surface area contributed by atoms with Gasteiger partial charge in [0.15, 0.2) is 0 Å². The van der Waals surface area contributed by atoms with E-state index in [1.54, 1.807) is 73.8 Å². The molecule has 5 aromatic rings. The van der Waals surface area contributed by atoms with Crippen molar-refractivity contribution in [2.24, 2.45) is 0 Å². The van der Waals surface area contributed by atoms with E-state index in [2.05, 4.69) is 4.98 Å². The first kappa shape index (κ1) is 31.4. The summed E-state index contributed by atoms with van der Waals surface area (Å²) in [4.78, 5) is 38.4. The molecular formula is C34H30F4N4O3. The van der Waals surface area contributed by atoms with E-state index >= 15 is 0 Å². The molecule has 2 aromatic heterocycles. The van der Waals surface area contributed by atoms with Gasteiger partial charge < -0.3 is 9.64 Å². The van der Waals surface area contributed by atoms with Crippen LogP contribution in [0.1, 0.15) is 42.5 Å². The Labute approximate surface area is 256 Å². The van der Waals surface area contributed by atoms with Gasteiger partial charge in [0.25, 0.3) is 5.56 Å². The quantitative estimate of drug-likeness (QED) is 0.163. The van der Waals surface area contributed by atoms with E-state index in [4.69, 9.17) is 9.72 Å². The summed E-state index contributed by atoms with van der Waals surface area (Å²) in [5, 5.41) is 0.375. The molecule has 11 heteroatoms. The third-order valence-electron chi connectivity index (χ3n) is 7.40. The lowest BCUT2D eigenvalue weighted by atomic mass is 10.1. The van der Waals surface area contributed by atoms with Crippen molar-refractivity contribution in [3.05, 3.63) is 130 Å². The molecule has 0 aliphatic heterocycles. The van der Waals surface area contributed by atoms with Crippen molar-refractivity contribution < 1.29 is 27.1 Å². The number of para-hydroxylation sites is 1. The fourth-order valence-electron chi connectivity index (χ4n) is 5.17. The molecule has 0 saturated carbocycles. The molecule has 7 nitrogen and oxygen atoms in total. The van der Waals surface area contributed by atoms with E-state index in [9.17, 15) is 27.2 Å². The van der Waals surface area contributed by atoms with Crippen molar-refractivity contribution in [3.8, 4) is 11.4 Å². The second kappa shape index (κ2) is 13.3. The number of ether oxygens (including phenoxy) is 1. The van der Waals surface area contributed by atoms with E-state index in [1.807, 2.05) is 13.0 Å². The second-order valence-corrected chi connectivity index (χ2v) is 10.4. The Balaban J connectivity index is 1.59. The largest absolute Gasteiger partial charge is 0.494 e. The monoisotopic (exact) mass is 618 g/mol. The van der Waals surface area contributed by atoms with Gasteiger partial charge in [-0.1, -0.05) is 24.3 Å². The molecule has 1 amide bonds. The van der Waals surface area contributed by atoms with Gasteiger partial charge in [0.2, 0.25) is 5.91 Å². The number of carbonyl (C=O) groups is 1. The third kappa shape index (κ3) is 7.03. The van der Waals surface area contributed by atoms with Crippen molar-refractivity contribution in [2.75, 3.05) is 13.2 Å². The molecule has 0 fully saturated rings. The molecule has 0 bridgehead atoms. The minimum atomic E-state index is -4.92. The summed E-state index contributed by atoms with van der Waals surface area (Å²) in [7, 11) is 0. The highest BCUT2D eigenvalue weighted by atomic mass is 19.4. The number of pyridine rings is 1. The molecule has 232 valence electrons. The van der Waals surface area contributed by atoms with E-state index in [0.717, 1.165) is 6.07 Å². The summed E-state index contributed by atoms with van der Waals surface area (Å²) in [6.45, 7) is 4.16. The van der Waals surface area contributed by atoms with Gasteiger partial charge >= 0.3 is 6.18 Å². The lowest BCUT2D eigenvalue weighted by Crippen LogP contribution is -2.39. The van der Waals surface area contributed by atoms with Crippen LogP contribution in [0.5, 0.6) is 5.75 Å². The number of hydrogen-bond donors (Lipinski definition) is 0. The Bertz CT molecular complexity index is 1860. The number of benzene rings is 3. The Kier molecular flexibility index (Phi) is 9.26. The van der Waals surface area contributed by atoms with Crippen LogP contribution >= 0.6 is 0 Å². The zero-order chi connectivity index (χ0) is 32.1. The minimum Gasteiger partial charge on any atom is -0.494 e. The summed E-state index contributed by atoms with van der Waals surface area (Å²) in [6, 6.07) is 20.8. The number of rotatable bonds is 10. The van der Waals surface area contributed by atoms with Crippen LogP contribution < -0.4 is 10.3 Å². The molecule has 0 radical (unpaired) electrons. The number of fused-ring (bicyclic) bond motifs is 1. The van der Waals surface area contributed by atoms with E-state index in [-0.39, 0.29) is 23.5 Å². The molecule has 0 aliphatic carbocycles. The number of halogens is 4. The van der Waals surface area contributed by atoms with Crippen molar-refractivity contribution >= 4 is 16.8 Å². The predicted octanol–water partition coefficient (Wildman–Crippen LogP) is 6.71. The molecule has 0 unspecified atom stereocenters. The van der Waals surface area contributed by atoms with Crippen LogP contribution in [0, 0.1) is 5.82 Å². The van der Waals surface area contributed by atoms with Crippen LogP contribution in [0.2, 0.25) is 0 Å². The van der Waals surface area contributed by atoms with Gasteiger partial charge in [0.1, 0.15) is 17.4 Å². The smallest absolute Gasteiger partial charge is 0.419 e. The van der Waals surface area contributed by atoms with Gasteiger partial charge in [-0.15, -0.1) is 0 Å². The summed E-state index contributed by atoms with van der Waals surface area (Å²) in [5.41, 5.74) is -0.178. The third-order valence-corrected chi connectivity index (χ3v) is 7.40. The second-order valence-electron chi connectivity index (χ2n) is 10.4. The van der Waals surface area contributed by atoms with Crippen molar-refractivity contribution in [1.29, 1.82) is 0 Å². The molecule has 45 heavy (non-hydrogen) atoms. The molecule has 0 saturated heterocycles. The molecule has 0 N–H and O–H groups in total. The molecule has 3 aromatic carbocycles. The predicted molar refractivity (Wildman–Crippen MR) is 162 cm³/mol. The SMILES string of the molecule is CCOc1ccc(-n2c([C@@H](C)N(CCc3ccccn3)C(=O)Cc3ccc(F)c(C(F)(F)F)c3)nc3ccccc3c2=O)cc1. The zero-order valence-electron chi connectivity index (χ0n) is 24.6. The molecule has 0 spiro atoms. The Morgan fingerprint density at radius 2 is 1.73 bits per heavy atom. The average Bonchev–Trinajstić information content (AvgIpc) is 3.02. The fraction of sp³-hybridized carbons (Fsp3) is 0.235. The lowest BCUT2D eigenvalue weighted by molar-refractivity contribution is -0.140. The molecule has 1 atom stereocenters. The van der Waals surface area contributed by atoms with Crippen LogP contribution in [-0.4, -0.2) is 38.5 Å². The molecule has 0 aliphatic rings. The number of nitrogens with zero attached hydrogens (tertiary/aromatic N) is 4. The fourth-order valence-corrected chi connectivity index (χ4v) is 5.17. The summed E-state index contributed by atoms with van der Waals surface area (Å²) in [6.07, 6.45) is -3.40. The average molecular weight is 619 g/mol. The van der Waals surface area contributed by atoms with Gasteiger partial charge in [-0.05, 0) is 80.1 Å². The summed E-state index contributed by atoms with van der Waals surface area (Å²) in [5.74, 6) is -1.08. The highest BCUT2D eigenvalue weighted by Crippen LogP contribution is 2.32. The van der Waals surface area contributed by atoms with Gasteiger partial charge in [0, 0.05) is 24.9 Å². The van der Waals surface area contributed by atoms with Gasteiger partial charge in [-0.2, -0.15) is 13.2 Å². The number of hydrogen-bond acceptors (Lipinski definition) is 5. The number of amides is 1. The maximum atomic E-state index is 14.0. The summed E-state index contributed by atoms with van der Waals surface area (Å²) >= 11 is 0. The Morgan fingerprint density at radius 3 is 2.42 bits per heavy atom. The lowest BCUT2D eigenvalue weighted by Gasteiger charge is -2.31. The van der Waals surface area contributed by atoms with E-state index in [0.29, 0.717) is 53.2 Å². The minimum absolute atomic E-state index is 0.000801. The molecule has 2 heterocycles. The van der Waals surface area contributed by atoms with Gasteiger partial charge in [-0.3, -0.25) is 19.1 Å².